The largest absolute Gasteiger partial charge is 0.481 e. The van der Waals surface area contributed by atoms with Gasteiger partial charge in [0.25, 0.3) is 0 Å². The highest BCUT2D eigenvalue weighted by molar-refractivity contribution is 7.21. The van der Waals surface area contributed by atoms with Crippen LogP contribution < -0.4 is 0 Å². The van der Waals surface area contributed by atoms with E-state index in [1.165, 1.54) is 0 Å². The van der Waals surface area contributed by atoms with Crippen LogP contribution in [0.3, 0.4) is 0 Å². The van der Waals surface area contributed by atoms with Crippen molar-refractivity contribution < 1.29 is 19.8 Å². The molecule has 0 aromatic heterocycles. The van der Waals surface area contributed by atoms with Gasteiger partial charge in [0.2, 0.25) is 0 Å². The average molecular weight is 206 g/mol. The van der Waals surface area contributed by atoms with Gasteiger partial charge in [-0.15, -0.1) is 9.24 Å². The molecule has 0 spiro atoms. The SMILES string of the molecule is CCCCC(P)(CC(=O)O)C(=O)O. The quantitative estimate of drug-likeness (QED) is 0.643. The van der Waals surface area contributed by atoms with Crippen molar-refractivity contribution in [1.82, 2.24) is 0 Å². The molecule has 0 aromatic carbocycles. The highest BCUT2D eigenvalue weighted by Gasteiger charge is 2.35. The molecule has 0 rings (SSSR count). The van der Waals surface area contributed by atoms with E-state index in [4.69, 9.17) is 10.2 Å². The van der Waals surface area contributed by atoms with E-state index in [2.05, 4.69) is 9.24 Å². The molecule has 0 aliphatic rings. The number of hydrogen-bond acceptors (Lipinski definition) is 2. The van der Waals surface area contributed by atoms with Crippen LogP contribution in [0.5, 0.6) is 0 Å². The fourth-order valence-electron chi connectivity index (χ4n) is 1.03. The summed E-state index contributed by atoms with van der Waals surface area (Å²) in [7, 11) is 2.15. The van der Waals surface area contributed by atoms with E-state index in [9.17, 15) is 9.59 Å². The fourth-order valence-corrected chi connectivity index (χ4v) is 1.41. The van der Waals surface area contributed by atoms with E-state index < -0.39 is 17.1 Å². The van der Waals surface area contributed by atoms with Crippen LogP contribution in [-0.4, -0.2) is 27.3 Å². The molecule has 2 atom stereocenters. The average Bonchev–Trinajstić information content (AvgIpc) is 1.99. The molecule has 0 aliphatic carbocycles. The molecule has 0 saturated heterocycles. The fraction of sp³-hybridized carbons (Fsp3) is 0.750. The zero-order chi connectivity index (χ0) is 10.5. The maximum absolute atomic E-state index is 10.8. The lowest BCUT2D eigenvalue weighted by atomic mass is 9.97. The monoisotopic (exact) mass is 206 g/mol. The van der Waals surface area contributed by atoms with Crippen LogP contribution in [0.25, 0.3) is 0 Å². The first-order chi connectivity index (χ1) is 5.92. The first-order valence-electron chi connectivity index (χ1n) is 4.16. The molecule has 2 unspecified atom stereocenters. The van der Waals surface area contributed by atoms with Gasteiger partial charge in [-0.2, -0.15) is 0 Å². The number of unbranched alkanes of at least 4 members (excludes halogenated alkanes) is 1. The van der Waals surface area contributed by atoms with Crippen molar-refractivity contribution in [1.29, 1.82) is 0 Å². The van der Waals surface area contributed by atoms with Crippen molar-refractivity contribution in [3.05, 3.63) is 0 Å². The van der Waals surface area contributed by atoms with Crippen molar-refractivity contribution >= 4 is 21.2 Å². The Morgan fingerprint density at radius 2 is 1.92 bits per heavy atom. The van der Waals surface area contributed by atoms with Crippen molar-refractivity contribution in [3.63, 3.8) is 0 Å². The first kappa shape index (κ1) is 12.4. The van der Waals surface area contributed by atoms with Gasteiger partial charge in [0.15, 0.2) is 0 Å². The van der Waals surface area contributed by atoms with E-state index in [0.29, 0.717) is 6.42 Å². The normalized spacial score (nSPS) is 14.9. The van der Waals surface area contributed by atoms with Crippen molar-refractivity contribution in [2.45, 2.75) is 37.8 Å². The third kappa shape index (κ3) is 4.23. The summed E-state index contributed by atoms with van der Waals surface area (Å²) in [6, 6.07) is 0. The van der Waals surface area contributed by atoms with Crippen LogP contribution in [0, 0.1) is 0 Å². The van der Waals surface area contributed by atoms with Crippen LogP contribution in [-0.2, 0) is 9.59 Å². The second-order valence-corrected chi connectivity index (χ2v) is 4.24. The summed E-state index contributed by atoms with van der Waals surface area (Å²) in [5, 5.41) is 16.2. The van der Waals surface area contributed by atoms with E-state index >= 15 is 0 Å². The Balaban J connectivity index is 4.34. The third-order valence-corrected chi connectivity index (χ3v) is 2.61. The number of carboxylic acid groups (broad SMARTS) is 2. The molecular formula is C8H15O4P. The van der Waals surface area contributed by atoms with Gasteiger partial charge in [-0.1, -0.05) is 19.8 Å². The molecule has 0 amide bonds. The second kappa shape index (κ2) is 5.18. The summed E-state index contributed by atoms with van der Waals surface area (Å²) in [5.41, 5.74) is 0. The molecule has 0 fully saturated rings. The molecule has 13 heavy (non-hydrogen) atoms. The third-order valence-electron chi connectivity index (χ3n) is 1.87. The van der Waals surface area contributed by atoms with Crippen LogP contribution >= 0.6 is 9.24 Å². The maximum Gasteiger partial charge on any atom is 0.314 e. The van der Waals surface area contributed by atoms with Crippen LogP contribution in [0.15, 0.2) is 0 Å². The summed E-state index contributed by atoms with van der Waals surface area (Å²) in [6.07, 6.45) is 1.63. The molecule has 0 heterocycles. The van der Waals surface area contributed by atoms with Gasteiger partial charge < -0.3 is 10.2 Å². The van der Waals surface area contributed by atoms with E-state index in [0.717, 1.165) is 12.8 Å². The van der Waals surface area contributed by atoms with E-state index in [-0.39, 0.29) is 6.42 Å². The van der Waals surface area contributed by atoms with Crippen LogP contribution in [0.4, 0.5) is 0 Å². The summed E-state index contributed by atoms with van der Waals surface area (Å²) >= 11 is 0. The van der Waals surface area contributed by atoms with Crippen LogP contribution in [0.2, 0.25) is 0 Å². The van der Waals surface area contributed by atoms with Gasteiger partial charge in [0, 0.05) is 0 Å². The number of carboxylic acids is 2. The van der Waals surface area contributed by atoms with Crippen molar-refractivity contribution in [2.24, 2.45) is 0 Å². The van der Waals surface area contributed by atoms with Gasteiger partial charge in [-0.25, -0.2) is 0 Å². The molecular weight excluding hydrogens is 191 g/mol. The molecule has 0 bridgehead atoms. The number of hydrogen-bond donors (Lipinski definition) is 2. The molecule has 0 saturated carbocycles. The number of rotatable bonds is 6. The predicted molar refractivity (Wildman–Crippen MR) is 51.9 cm³/mol. The summed E-state index contributed by atoms with van der Waals surface area (Å²) in [6.45, 7) is 1.94. The minimum atomic E-state index is -1.19. The Labute approximate surface area is 79.5 Å². The van der Waals surface area contributed by atoms with Gasteiger partial charge >= 0.3 is 11.9 Å². The lowest BCUT2D eigenvalue weighted by Gasteiger charge is -2.21. The summed E-state index contributed by atoms with van der Waals surface area (Å²) in [4.78, 5) is 21.2. The van der Waals surface area contributed by atoms with Gasteiger partial charge in [-0.05, 0) is 6.42 Å². The molecule has 0 radical (unpaired) electrons. The van der Waals surface area contributed by atoms with E-state index in [1.54, 1.807) is 0 Å². The second-order valence-electron chi connectivity index (χ2n) is 3.14. The number of aliphatic carboxylic acids is 2. The Kier molecular flexibility index (Phi) is 4.92. The molecule has 76 valence electrons. The Morgan fingerprint density at radius 1 is 1.38 bits per heavy atom. The van der Waals surface area contributed by atoms with Gasteiger partial charge in [0.1, 0.15) is 0 Å². The molecule has 5 heteroatoms. The molecule has 4 nitrogen and oxygen atoms in total. The Bertz CT molecular complexity index is 204. The van der Waals surface area contributed by atoms with Crippen molar-refractivity contribution in [3.8, 4) is 0 Å². The maximum atomic E-state index is 10.8. The topological polar surface area (TPSA) is 74.6 Å². The summed E-state index contributed by atoms with van der Waals surface area (Å²) in [5.74, 6) is -2.14. The Morgan fingerprint density at radius 3 is 2.23 bits per heavy atom. The zero-order valence-electron chi connectivity index (χ0n) is 7.62. The van der Waals surface area contributed by atoms with Gasteiger partial charge in [0.05, 0.1) is 11.6 Å². The van der Waals surface area contributed by atoms with Gasteiger partial charge in [-0.3, -0.25) is 9.59 Å². The standard InChI is InChI=1S/C8H15O4P/c1-2-3-4-8(13,7(11)12)5-6(9)10/h2-5,13H2,1H3,(H,9,10)(H,11,12). The molecule has 2 N–H and O–H groups in total. The minimum Gasteiger partial charge on any atom is -0.481 e. The van der Waals surface area contributed by atoms with Crippen molar-refractivity contribution in [2.75, 3.05) is 0 Å². The zero-order valence-corrected chi connectivity index (χ0v) is 8.77. The number of carbonyl (C=O) groups is 2. The van der Waals surface area contributed by atoms with Crippen LogP contribution in [0.1, 0.15) is 32.6 Å². The highest BCUT2D eigenvalue weighted by Crippen LogP contribution is 2.29. The smallest absolute Gasteiger partial charge is 0.314 e. The Hall–Kier alpha value is -0.630. The minimum absolute atomic E-state index is 0.340. The first-order valence-corrected chi connectivity index (χ1v) is 4.74. The lowest BCUT2D eigenvalue weighted by Crippen LogP contribution is -2.34. The lowest BCUT2D eigenvalue weighted by molar-refractivity contribution is -0.146. The highest BCUT2D eigenvalue weighted by atomic mass is 31.0. The molecule has 0 aromatic rings. The molecule has 0 aliphatic heterocycles. The van der Waals surface area contributed by atoms with E-state index in [1.807, 2.05) is 6.92 Å². The summed E-state index contributed by atoms with van der Waals surface area (Å²) < 4.78 is 0. The predicted octanol–water partition coefficient (Wildman–Crippen LogP) is 1.35.